The summed E-state index contributed by atoms with van der Waals surface area (Å²) in [6.45, 7) is 8.74. The van der Waals surface area contributed by atoms with E-state index in [2.05, 4.69) is 18.3 Å². The van der Waals surface area contributed by atoms with Gasteiger partial charge in [-0.2, -0.15) is 0 Å². The van der Waals surface area contributed by atoms with Gasteiger partial charge in [-0.15, -0.1) is 0 Å². The van der Waals surface area contributed by atoms with Crippen LogP contribution in [0, 0.1) is 20.8 Å². The molecule has 0 aliphatic carbocycles. The number of aryl methyl sites for hydroxylation is 2. The number of ketones is 1. The second-order valence-electron chi connectivity index (χ2n) is 9.09. The van der Waals surface area contributed by atoms with Crippen molar-refractivity contribution in [2.24, 2.45) is 0 Å². The van der Waals surface area contributed by atoms with E-state index >= 15 is 0 Å². The van der Waals surface area contributed by atoms with Gasteiger partial charge >= 0.3 is 0 Å². The Morgan fingerprint density at radius 1 is 0.816 bits per heavy atom. The molecule has 0 heterocycles. The van der Waals surface area contributed by atoms with Gasteiger partial charge in [0.15, 0.2) is 5.78 Å². The van der Waals surface area contributed by atoms with Crippen molar-refractivity contribution in [3.05, 3.63) is 123 Å². The van der Waals surface area contributed by atoms with Gasteiger partial charge in [0.25, 0.3) is 5.91 Å². The minimum atomic E-state index is -0.360. The first kappa shape index (κ1) is 27.0. The smallest absolute Gasteiger partial charge is 0.255 e. The summed E-state index contributed by atoms with van der Waals surface area (Å²) in [5.41, 5.74) is 5.70. The first-order valence-corrected chi connectivity index (χ1v) is 12.8. The molecular formula is C32H30ClNO4. The van der Waals surface area contributed by atoms with Gasteiger partial charge in [-0.25, -0.2) is 0 Å². The van der Waals surface area contributed by atoms with Crippen molar-refractivity contribution in [2.75, 3.05) is 11.9 Å². The largest absolute Gasteiger partial charge is 0.493 e. The van der Waals surface area contributed by atoms with Gasteiger partial charge in [0.2, 0.25) is 0 Å². The molecule has 0 saturated heterocycles. The average Bonchev–Trinajstić information content (AvgIpc) is 2.91. The first-order valence-electron chi connectivity index (χ1n) is 12.4. The third-order valence-corrected chi connectivity index (χ3v) is 6.52. The molecule has 194 valence electrons. The molecule has 0 spiro atoms. The van der Waals surface area contributed by atoms with E-state index < -0.39 is 0 Å². The van der Waals surface area contributed by atoms with Crippen LogP contribution in [0.2, 0.25) is 5.02 Å². The minimum Gasteiger partial charge on any atom is -0.493 e. The van der Waals surface area contributed by atoms with Crippen molar-refractivity contribution < 1.29 is 19.1 Å². The summed E-state index contributed by atoms with van der Waals surface area (Å²) in [5.74, 6) is 0.858. The number of nitrogens with one attached hydrogen (secondary N) is 1. The molecule has 0 fully saturated rings. The number of anilines is 1. The predicted molar refractivity (Wildman–Crippen MR) is 152 cm³/mol. The van der Waals surface area contributed by atoms with E-state index in [0.717, 1.165) is 28.0 Å². The molecule has 1 amide bonds. The molecule has 0 unspecified atom stereocenters. The fourth-order valence-electron chi connectivity index (χ4n) is 4.19. The quantitative estimate of drug-likeness (QED) is 0.226. The Kier molecular flexibility index (Phi) is 8.49. The van der Waals surface area contributed by atoms with Crippen LogP contribution in [0.25, 0.3) is 0 Å². The predicted octanol–water partition coefficient (Wildman–Crippen LogP) is 7.73. The summed E-state index contributed by atoms with van der Waals surface area (Å²) < 4.78 is 12.0. The van der Waals surface area contributed by atoms with Crippen LogP contribution in [0.5, 0.6) is 11.5 Å². The van der Waals surface area contributed by atoms with Crippen LogP contribution in [0.1, 0.15) is 55.5 Å². The normalized spacial score (nSPS) is 10.7. The molecule has 4 rings (SSSR count). The lowest BCUT2D eigenvalue weighted by Crippen LogP contribution is -2.16. The molecule has 0 aliphatic rings. The highest BCUT2D eigenvalue weighted by atomic mass is 35.5. The zero-order valence-electron chi connectivity index (χ0n) is 21.9. The van der Waals surface area contributed by atoms with Gasteiger partial charge < -0.3 is 14.8 Å². The van der Waals surface area contributed by atoms with Crippen molar-refractivity contribution in [2.45, 2.75) is 34.3 Å². The molecule has 6 heteroatoms. The molecule has 4 aromatic carbocycles. The number of benzene rings is 4. The van der Waals surface area contributed by atoms with Crippen molar-refractivity contribution in [3.8, 4) is 11.5 Å². The number of ether oxygens (including phenoxy) is 2. The van der Waals surface area contributed by atoms with E-state index in [0.29, 0.717) is 39.8 Å². The second-order valence-corrected chi connectivity index (χ2v) is 9.52. The highest BCUT2D eigenvalue weighted by molar-refractivity contribution is 6.31. The van der Waals surface area contributed by atoms with Crippen LogP contribution in [0.15, 0.2) is 78.9 Å². The van der Waals surface area contributed by atoms with Crippen molar-refractivity contribution in [3.63, 3.8) is 0 Å². The standard InChI is InChI=1S/C32H30ClNO4/c1-5-37-29-14-11-24(17-25(29)19-38-30-16-20(2)15-21(3)22(30)4)32(36)34-28-13-12-26(33)18-27(28)31(35)23-9-7-6-8-10-23/h6-18H,5,19H2,1-4H3,(H,34,36). The third-order valence-electron chi connectivity index (χ3n) is 6.28. The number of carbonyl (C=O) groups is 2. The number of halogens is 1. The highest BCUT2D eigenvalue weighted by Gasteiger charge is 2.18. The molecule has 0 aromatic heterocycles. The molecule has 0 bridgehead atoms. The Labute approximate surface area is 228 Å². The lowest BCUT2D eigenvalue weighted by atomic mass is 10.0. The van der Waals surface area contributed by atoms with Crippen LogP contribution in [-0.2, 0) is 6.61 Å². The second kappa shape index (κ2) is 12.0. The molecule has 1 N–H and O–H groups in total. The number of rotatable bonds is 9. The van der Waals surface area contributed by atoms with Gasteiger partial charge in [0.05, 0.1) is 12.3 Å². The maximum Gasteiger partial charge on any atom is 0.255 e. The monoisotopic (exact) mass is 527 g/mol. The Morgan fingerprint density at radius 2 is 1.58 bits per heavy atom. The van der Waals surface area contributed by atoms with Crippen LogP contribution in [0.4, 0.5) is 5.69 Å². The van der Waals surface area contributed by atoms with E-state index in [1.165, 1.54) is 0 Å². The SMILES string of the molecule is CCOc1ccc(C(=O)Nc2ccc(Cl)cc2C(=O)c2ccccc2)cc1COc1cc(C)cc(C)c1C. The fourth-order valence-corrected chi connectivity index (χ4v) is 4.36. The molecular weight excluding hydrogens is 498 g/mol. The van der Waals surface area contributed by atoms with Gasteiger partial charge in [-0.3, -0.25) is 9.59 Å². The third kappa shape index (κ3) is 6.24. The number of carbonyl (C=O) groups excluding carboxylic acids is 2. The average molecular weight is 528 g/mol. The molecule has 5 nitrogen and oxygen atoms in total. The molecule has 0 aliphatic heterocycles. The van der Waals surface area contributed by atoms with Gasteiger partial charge in [0.1, 0.15) is 18.1 Å². The lowest BCUT2D eigenvalue weighted by molar-refractivity contribution is 0.102. The van der Waals surface area contributed by atoms with Crippen molar-refractivity contribution >= 4 is 29.0 Å². The fraction of sp³-hybridized carbons (Fsp3) is 0.188. The Bertz CT molecular complexity index is 1480. The van der Waals surface area contributed by atoms with Gasteiger partial charge in [-0.1, -0.05) is 48.0 Å². The van der Waals surface area contributed by atoms with E-state index in [1.807, 2.05) is 32.9 Å². The minimum absolute atomic E-state index is 0.229. The number of hydrogen-bond acceptors (Lipinski definition) is 4. The number of amides is 1. The molecule has 0 radical (unpaired) electrons. The Morgan fingerprint density at radius 3 is 2.32 bits per heavy atom. The first-order chi connectivity index (χ1) is 18.3. The summed E-state index contributed by atoms with van der Waals surface area (Å²) in [6.07, 6.45) is 0. The van der Waals surface area contributed by atoms with Gasteiger partial charge in [-0.05, 0) is 86.8 Å². The van der Waals surface area contributed by atoms with E-state index in [-0.39, 0.29) is 18.3 Å². The summed E-state index contributed by atoms with van der Waals surface area (Å²) in [6, 6.07) is 23.1. The van der Waals surface area contributed by atoms with E-state index in [4.69, 9.17) is 21.1 Å². The summed E-state index contributed by atoms with van der Waals surface area (Å²) in [7, 11) is 0. The van der Waals surface area contributed by atoms with E-state index in [9.17, 15) is 9.59 Å². The van der Waals surface area contributed by atoms with Crippen molar-refractivity contribution in [1.82, 2.24) is 0 Å². The lowest BCUT2D eigenvalue weighted by Gasteiger charge is -2.16. The van der Waals surface area contributed by atoms with Crippen LogP contribution >= 0.6 is 11.6 Å². The maximum absolute atomic E-state index is 13.3. The molecule has 0 saturated carbocycles. The van der Waals surface area contributed by atoms with Gasteiger partial charge in [0, 0.05) is 27.3 Å². The molecule has 4 aromatic rings. The zero-order chi connectivity index (χ0) is 27.2. The maximum atomic E-state index is 13.3. The van der Waals surface area contributed by atoms with Crippen molar-refractivity contribution in [1.29, 1.82) is 0 Å². The topological polar surface area (TPSA) is 64.6 Å². The Balaban J connectivity index is 1.60. The zero-order valence-corrected chi connectivity index (χ0v) is 22.7. The van der Waals surface area contributed by atoms with Crippen LogP contribution in [-0.4, -0.2) is 18.3 Å². The summed E-state index contributed by atoms with van der Waals surface area (Å²) in [4.78, 5) is 26.5. The van der Waals surface area contributed by atoms with E-state index in [1.54, 1.807) is 60.7 Å². The molecule has 38 heavy (non-hydrogen) atoms. The Hall–Kier alpha value is -4.09. The number of hydrogen-bond donors (Lipinski definition) is 1. The summed E-state index contributed by atoms with van der Waals surface area (Å²) in [5, 5.41) is 3.29. The summed E-state index contributed by atoms with van der Waals surface area (Å²) >= 11 is 6.19. The van der Waals surface area contributed by atoms with Crippen LogP contribution < -0.4 is 14.8 Å². The molecule has 0 atom stereocenters. The highest BCUT2D eigenvalue weighted by Crippen LogP contribution is 2.28. The van der Waals surface area contributed by atoms with Crippen LogP contribution in [0.3, 0.4) is 0 Å².